The number of benzene rings is 1. The first-order valence-corrected chi connectivity index (χ1v) is 7.35. The second-order valence-corrected chi connectivity index (χ2v) is 5.05. The van der Waals surface area contributed by atoms with E-state index in [1.165, 1.54) is 11.0 Å². The van der Waals surface area contributed by atoms with Crippen molar-refractivity contribution in [2.45, 2.75) is 0 Å². The number of nitrogens with one attached hydrogen (secondary N) is 1. The van der Waals surface area contributed by atoms with Crippen LogP contribution in [0.4, 0.5) is 0 Å². The van der Waals surface area contributed by atoms with E-state index >= 15 is 0 Å². The van der Waals surface area contributed by atoms with E-state index in [0.717, 1.165) is 0 Å². The third kappa shape index (κ3) is 3.98. The number of pyridine rings is 1. The minimum Gasteiger partial charge on any atom is -0.452 e. The summed E-state index contributed by atoms with van der Waals surface area (Å²) in [5.74, 6) is -1.08. The number of fused-ring (bicyclic) bond motifs is 1. The van der Waals surface area contributed by atoms with Gasteiger partial charge in [0, 0.05) is 30.1 Å². The maximum atomic E-state index is 12.3. The first-order valence-electron chi connectivity index (χ1n) is 7.35. The maximum Gasteiger partial charge on any atom is 0.339 e. The summed E-state index contributed by atoms with van der Waals surface area (Å²) in [7, 11) is 0. The number of H-pyrrole nitrogens is 1. The Morgan fingerprint density at radius 1 is 1.17 bits per heavy atom. The molecule has 0 spiro atoms. The lowest BCUT2D eigenvalue weighted by Crippen LogP contribution is -2.35. The SMILES string of the molecule is C=CCN(CC=C)C(=O)COC(=O)c1cc(=O)[nH]c2ccccc12. The molecule has 24 heavy (non-hydrogen) atoms. The van der Waals surface area contributed by atoms with Crippen LogP contribution in [0.3, 0.4) is 0 Å². The van der Waals surface area contributed by atoms with E-state index in [1.807, 2.05) is 0 Å². The molecule has 6 heteroatoms. The molecule has 0 aliphatic rings. The predicted molar refractivity (Wildman–Crippen MR) is 91.8 cm³/mol. The van der Waals surface area contributed by atoms with Crippen LogP contribution in [0.2, 0.25) is 0 Å². The number of esters is 1. The molecule has 0 aliphatic heterocycles. The Morgan fingerprint density at radius 2 is 1.83 bits per heavy atom. The van der Waals surface area contributed by atoms with Crippen LogP contribution in [-0.2, 0) is 9.53 Å². The van der Waals surface area contributed by atoms with Gasteiger partial charge in [0.1, 0.15) is 0 Å². The minimum absolute atomic E-state index is 0.126. The van der Waals surface area contributed by atoms with Crippen molar-refractivity contribution in [1.29, 1.82) is 0 Å². The van der Waals surface area contributed by atoms with Gasteiger partial charge in [0.15, 0.2) is 6.61 Å². The molecule has 0 saturated carbocycles. The topological polar surface area (TPSA) is 79.5 Å². The molecule has 2 rings (SSSR count). The Hall–Kier alpha value is -3.15. The zero-order chi connectivity index (χ0) is 17.5. The lowest BCUT2D eigenvalue weighted by Gasteiger charge is -2.19. The van der Waals surface area contributed by atoms with E-state index in [1.54, 1.807) is 36.4 Å². The van der Waals surface area contributed by atoms with Gasteiger partial charge in [0.2, 0.25) is 5.56 Å². The average Bonchev–Trinajstić information content (AvgIpc) is 2.58. The monoisotopic (exact) mass is 326 g/mol. The number of carbonyl (C=O) groups excluding carboxylic acids is 2. The van der Waals surface area contributed by atoms with Crippen molar-refractivity contribution in [2.24, 2.45) is 0 Å². The van der Waals surface area contributed by atoms with E-state index < -0.39 is 18.1 Å². The largest absolute Gasteiger partial charge is 0.452 e. The maximum absolute atomic E-state index is 12.3. The van der Waals surface area contributed by atoms with Gasteiger partial charge >= 0.3 is 5.97 Å². The van der Waals surface area contributed by atoms with Gasteiger partial charge in [-0.05, 0) is 6.07 Å². The first-order chi connectivity index (χ1) is 11.6. The third-order valence-electron chi connectivity index (χ3n) is 3.35. The summed E-state index contributed by atoms with van der Waals surface area (Å²) < 4.78 is 5.08. The molecule has 1 aromatic heterocycles. The molecule has 2 aromatic rings. The summed E-state index contributed by atoms with van der Waals surface area (Å²) in [6.45, 7) is 7.40. The van der Waals surface area contributed by atoms with Gasteiger partial charge in [-0.15, -0.1) is 13.2 Å². The highest BCUT2D eigenvalue weighted by molar-refractivity contribution is 6.03. The van der Waals surface area contributed by atoms with Crippen LogP contribution in [0.5, 0.6) is 0 Å². The van der Waals surface area contributed by atoms with Crippen molar-refractivity contribution in [1.82, 2.24) is 9.88 Å². The highest BCUT2D eigenvalue weighted by Gasteiger charge is 2.17. The molecule has 1 N–H and O–H groups in total. The summed E-state index contributed by atoms with van der Waals surface area (Å²) in [6, 6.07) is 8.05. The number of rotatable bonds is 7. The Bertz CT molecular complexity index is 828. The van der Waals surface area contributed by atoms with Gasteiger partial charge in [-0.3, -0.25) is 9.59 Å². The molecular formula is C18H18N2O4. The van der Waals surface area contributed by atoms with E-state index in [0.29, 0.717) is 24.0 Å². The van der Waals surface area contributed by atoms with E-state index in [9.17, 15) is 14.4 Å². The molecule has 0 unspecified atom stereocenters. The van der Waals surface area contributed by atoms with Crippen molar-refractivity contribution in [3.05, 3.63) is 71.6 Å². The van der Waals surface area contributed by atoms with Crippen LogP contribution in [0.15, 0.2) is 60.4 Å². The number of nitrogens with zero attached hydrogens (tertiary/aromatic N) is 1. The fourth-order valence-corrected chi connectivity index (χ4v) is 2.26. The van der Waals surface area contributed by atoms with Crippen LogP contribution in [0, 0.1) is 0 Å². The molecule has 1 amide bonds. The second kappa shape index (κ2) is 7.92. The molecule has 6 nitrogen and oxygen atoms in total. The van der Waals surface area contributed by atoms with Crippen molar-refractivity contribution in [3.63, 3.8) is 0 Å². The molecule has 0 fully saturated rings. The number of aromatic nitrogens is 1. The first kappa shape index (κ1) is 17.2. The Balaban J connectivity index is 2.16. The smallest absolute Gasteiger partial charge is 0.339 e. The molecule has 1 aromatic carbocycles. The number of aromatic amines is 1. The Morgan fingerprint density at radius 3 is 2.50 bits per heavy atom. The van der Waals surface area contributed by atoms with Gasteiger partial charge in [-0.2, -0.15) is 0 Å². The molecule has 0 atom stereocenters. The fraction of sp³-hybridized carbons (Fsp3) is 0.167. The highest BCUT2D eigenvalue weighted by atomic mass is 16.5. The van der Waals surface area contributed by atoms with Gasteiger partial charge in [-0.1, -0.05) is 30.4 Å². The van der Waals surface area contributed by atoms with Crippen LogP contribution in [0.1, 0.15) is 10.4 Å². The van der Waals surface area contributed by atoms with E-state index in [-0.39, 0.29) is 11.5 Å². The molecule has 0 bridgehead atoms. The minimum atomic E-state index is -0.720. The zero-order valence-electron chi connectivity index (χ0n) is 13.2. The number of hydrogen-bond donors (Lipinski definition) is 1. The molecule has 0 aliphatic carbocycles. The summed E-state index contributed by atoms with van der Waals surface area (Å²) in [6.07, 6.45) is 3.15. The van der Waals surface area contributed by atoms with Crippen LogP contribution < -0.4 is 5.56 Å². The summed E-state index contributed by atoms with van der Waals surface area (Å²) in [5, 5.41) is 0.559. The standard InChI is InChI=1S/C18H18N2O4/c1-3-9-20(10-4-2)17(22)12-24-18(23)14-11-16(21)19-15-8-6-5-7-13(14)15/h3-8,11H,1-2,9-10,12H2,(H,19,21). The van der Waals surface area contributed by atoms with Gasteiger partial charge in [0.25, 0.3) is 5.91 Å². The van der Waals surface area contributed by atoms with Crippen LogP contribution in [0.25, 0.3) is 10.9 Å². The molecule has 0 saturated heterocycles. The second-order valence-electron chi connectivity index (χ2n) is 5.05. The van der Waals surface area contributed by atoms with E-state index in [2.05, 4.69) is 18.1 Å². The van der Waals surface area contributed by atoms with Gasteiger partial charge in [0.05, 0.1) is 5.56 Å². The number of ether oxygens (including phenoxy) is 1. The van der Waals surface area contributed by atoms with Crippen molar-refractivity contribution < 1.29 is 14.3 Å². The van der Waals surface area contributed by atoms with Crippen molar-refractivity contribution >= 4 is 22.8 Å². The summed E-state index contributed by atoms with van der Waals surface area (Å²) in [5.41, 5.74) is 0.247. The predicted octanol–water partition coefficient (Wildman–Crippen LogP) is 1.89. The fourth-order valence-electron chi connectivity index (χ4n) is 2.26. The van der Waals surface area contributed by atoms with Crippen LogP contribution in [-0.4, -0.2) is 41.5 Å². The Kier molecular flexibility index (Phi) is 5.68. The molecule has 0 radical (unpaired) electrons. The Labute approximate surface area is 139 Å². The van der Waals surface area contributed by atoms with Crippen LogP contribution >= 0.6 is 0 Å². The third-order valence-corrected chi connectivity index (χ3v) is 3.35. The van der Waals surface area contributed by atoms with Gasteiger partial charge < -0.3 is 14.6 Å². The molecule has 124 valence electrons. The number of carbonyl (C=O) groups is 2. The average molecular weight is 326 g/mol. The number of para-hydroxylation sites is 1. The lowest BCUT2D eigenvalue weighted by atomic mass is 10.1. The van der Waals surface area contributed by atoms with Crippen molar-refractivity contribution in [2.75, 3.05) is 19.7 Å². The molecule has 1 heterocycles. The highest BCUT2D eigenvalue weighted by Crippen LogP contribution is 2.15. The van der Waals surface area contributed by atoms with E-state index in [4.69, 9.17) is 4.74 Å². The molecular weight excluding hydrogens is 308 g/mol. The summed E-state index contributed by atoms with van der Waals surface area (Å²) >= 11 is 0. The number of amides is 1. The number of hydrogen-bond acceptors (Lipinski definition) is 4. The summed E-state index contributed by atoms with van der Waals surface area (Å²) in [4.78, 5) is 40.1. The van der Waals surface area contributed by atoms with Gasteiger partial charge in [-0.25, -0.2) is 4.79 Å². The quantitative estimate of drug-likeness (QED) is 0.622. The lowest BCUT2D eigenvalue weighted by molar-refractivity contribution is -0.133. The normalized spacial score (nSPS) is 10.2. The van der Waals surface area contributed by atoms with Crippen molar-refractivity contribution in [3.8, 4) is 0 Å². The zero-order valence-corrected chi connectivity index (χ0v) is 13.2.